The van der Waals surface area contributed by atoms with Crippen molar-refractivity contribution < 1.29 is 9.59 Å². The summed E-state index contributed by atoms with van der Waals surface area (Å²) in [5.41, 5.74) is 1.51. The first kappa shape index (κ1) is 18.1. The Morgan fingerprint density at radius 1 is 1.25 bits per heavy atom. The van der Waals surface area contributed by atoms with E-state index in [9.17, 15) is 9.59 Å². The molecule has 24 heavy (non-hydrogen) atoms. The van der Waals surface area contributed by atoms with Crippen LogP contribution in [-0.2, 0) is 23.7 Å². The molecule has 6 nitrogen and oxygen atoms in total. The van der Waals surface area contributed by atoms with E-state index in [1.54, 1.807) is 23.7 Å². The van der Waals surface area contributed by atoms with E-state index in [2.05, 4.69) is 36.3 Å². The molecule has 2 rings (SSSR count). The van der Waals surface area contributed by atoms with Crippen molar-refractivity contribution in [3.8, 4) is 0 Å². The summed E-state index contributed by atoms with van der Waals surface area (Å²) in [6, 6.07) is 7.16. The number of hydrogen-bond donors (Lipinski definition) is 2. The molecular formula is C17H22N4O2S. The summed E-state index contributed by atoms with van der Waals surface area (Å²) in [7, 11) is 1.80. The van der Waals surface area contributed by atoms with Crippen molar-refractivity contribution in [1.29, 1.82) is 0 Å². The summed E-state index contributed by atoms with van der Waals surface area (Å²) in [6.07, 6.45) is 0.492. The van der Waals surface area contributed by atoms with Gasteiger partial charge in [0.15, 0.2) is 4.77 Å². The van der Waals surface area contributed by atoms with Gasteiger partial charge in [0.1, 0.15) is 5.82 Å². The van der Waals surface area contributed by atoms with Gasteiger partial charge >= 0.3 is 0 Å². The first-order valence-electron chi connectivity index (χ1n) is 7.73. The summed E-state index contributed by atoms with van der Waals surface area (Å²) in [5, 5.41) is 9.36. The molecule has 0 atom stereocenters. The minimum Gasteiger partial charge on any atom is -0.349 e. The van der Waals surface area contributed by atoms with Gasteiger partial charge in [-0.1, -0.05) is 45.0 Å². The first-order chi connectivity index (χ1) is 11.2. The fourth-order valence-electron chi connectivity index (χ4n) is 2.22. The molecule has 1 aromatic heterocycles. The van der Waals surface area contributed by atoms with Crippen LogP contribution in [0.15, 0.2) is 24.3 Å². The van der Waals surface area contributed by atoms with Crippen LogP contribution in [0.4, 0.5) is 0 Å². The Morgan fingerprint density at radius 3 is 2.38 bits per heavy atom. The van der Waals surface area contributed by atoms with Crippen molar-refractivity contribution >= 4 is 23.9 Å². The third-order valence-electron chi connectivity index (χ3n) is 3.83. The third kappa shape index (κ3) is 4.17. The lowest BCUT2D eigenvalue weighted by molar-refractivity contribution is -0.116. The predicted molar refractivity (Wildman–Crippen MR) is 94.6 cm³/mol. The van der Waals surface area contributed by atoms with Crippen LogP contribution in [0.3, 0.4) is 0 Å². The topological polar surface area (TPSA) is 79.8 Å². The van der Waals surface area contributed by atoms with E-state index >= 15 is 0 Å². The number of hydrogen-bond acceptors (Lipinski definition) is 4. The standard InChI is InChI=1S/C17H22N4O2S/c1-17(2,3)12-7-5-11(6-8-12)14(22)15(23)18-10-9-13-19-20-16(24)21(13)4/h5-8H,9-10H2,1-4H3,(H,18,23)(H,20,24). The zero-order valence-electron chi connectivity index (χ0n) is 14.3. The van der Waals surface area contributed by atoms with Gasteiger partial charge in [-0.2, -0.15) is 5.10 Å². The van der Waals surface area contributed by atoms with Gasteiger partial charge in [-0.3, -0.25) is 14.7 Å². The monoisotopic (exact) mass is 346 g/mol. The number of H-pyrrole nitrogens is 1. The van der Waals surface area contributed by atoms with Gasteiger partial charge in [0.25, 0.3) is 5.91 Å². The van der Waals surface area contributed by atoms with Gasteiger partial charge in [0.05, 0.1) is 0 Å². The Morgan fingerprint density at radius 2 is 1.88 bits per heavy atom. The van der Waals surface area contributed by atoms with Gasteiger partial charge in [-0.05, 0) is 23.2 Å². The lowest BCUT2D eigenvalue weighted by atomic mass is 9.86. The van der Waals surface area contributed by atoms with Crippen LogP contribution in [0.1, 0.15) is 42.5 Å². The molecule has 2 N–H and O–H groups in total. The highest BCUT2D eigenvalue weighted by molar-refractivity contribution is 7.71. The normalized spacial score (nSPS) is 11.3. The van der Waals surface area contributed by atoms with Crippen LogP contribution in [-0.4, -0.2) is 33.0 Å². The predicted octanol–water partition coefficient (Wildman–Crippen LogP) is 2.32. The molecule has 0 radical (unpaired) electrons. The zero-order valence-corrected chi connectivity index (χ0v) is 15.2. The quantitative estimate of drug-likeness (QED) is 0.495. The Balaban J connectivity index is 1.93. The molecule has 0 aliphatic heterocycles. The number of carbonyl (C=O) groups is 2. The molecule has 128 valence electrons. The van der Waals surface area contributed by atoms with Crippen LogP contribution in [0, 0.1) is 4.77 Å². The molecule has 0 bridgehead atoms. The van der Waals surface area contributed by atoms with E-state index in [0.717, 1.165) is 11.4 Å². The summed E-state index contributed by atoms with van der Waals surface area (Å²) in [4.78, 5) is 24.2. The maximum atomic E-state index is 12.2. The number of benzene rings is 1. The van der Waals surface area contributed by atoms with Gasteiger partial charge in [0.2, 0.25) is 5.78 Å². The van der Waals surface area contributed by atoms with Crippen molar-refractivity contribution in [3.05, 3.63) is 46.0 Å². The summed E-state index contributed by atoms with van der Waals surface area (Å²) >= 11 is 5.02. The maximum Gasteiger partial charge on any atom is 0.292 e. The van der Waals surface area contributed by atoms with Crippen LogP contribution in [0.25, 0.3) is 0 Å². The van der Waals surface area contributed by atoms with E-state index in [1.165, 1.54) is 0 Å². The van der Waals surface area contributed by atoms with Crippen LogP contribution < -0.4 is 5.32 Å². The Hall–Kier alpha value is -2.28. The number of Topliss-reactive ketones (excluding diaryl/α,β-unsaturated/α-hetero) is 1. The fourth-order valence-corrected chi connectivity index (χ4v) is 2.38. The Kier molecular flexibility index (Phi) is 5.33. The van der Waals surface area contributed by atoms with Crippen molar-refractivity contribution in [2.24, 2.45) is 7.05 Å². The molecule has 2 aromatic rings. The summed E-state index contributed by atoms with van der Waals surface area (Å²) < 4.78 is 2.25. The lowest BCUT2D eigenvalue weighted by Gasteiger charge is -2.18. The van der Waals surface area contributed by atoms with Gasteiger partial charge in [-0.15, -0.1) is 0 Å². The van der Waals surface area contributed by atoms with E-state index in [0.29, 0.717) is 23.3 Å². The molecular weight excluding hydrogens is 324 g/mol. The highest BCUT2D eigenvalue weighted by atomic mass is 32.1. The molecule has 0 unspecified atom stereocenters. The van der Waals surface area contributed by atoms with Gasteiger partial charge < -0.3 is 9.88 Å². The molecule has 0 saturated heterocycles. The molecule has 1 amide bonds. The number of carbonyl (C=O) groups excluding carboxylic acids is 2. The largest absolute Gasteiger partial charge is 0.349 e. The van der Waals surface area contributed by atoms with Crippen LogP contribution in [0.5, 0.6) is 0 Å². The molecule has 1 heterocycles. The molecule has 0 fully saturated rings. The van der Waals surface area contributed by atoms with Crippen molar-refractivity contribution in [2.75, 3.05) is 6.54 Å². The molecule has 0 saturated carbocycles. The second-order valence-electron chi connectivity index (χ2n) is 6.67. The van der Waals surface area contributed by atoms with Crippen molar-refractivity contribution in [1.82, 2.24) is 20.1 Å². The number of aromatic amines is 1. The molecule has 1 aromatic carbocycles. The average Bonchev–Trinajstić information content (AvgIpc) is 2.85. The molecule has 0 aliphatic carbocycles. The zero-order chi connectivity index (χ0) is 17.9. The van der Waals surface area contributed by atoms with Gasteiger partial charge in [-0.25, -0.2) is 0 Å². The van der Waals surface area contributed by atoms with Gasteiger partial charge in [0, 0.05) is 25.6 Å². The second kappa shape index (κ2) is 7.09. The number of nitrogens with zero attached hydrogens (tertiary/aromatic N) is 2. The van der Waals surface area contributed by atoms with E-state index < -0.39 is 11.7 Å². The molecule has 0 spiro atoms. The highest BCUT2D eigenvalue weighted by Gasteiger charge is 2.18. The number of rotatable bonds is 5. The van der Waals surface area contributed by atoms with Crippen molar-refractivity contribution in [3.63, 3.8) is 0 Å². The number of amides is 1. The van der Waals surface area contributed by atoms with E-state index in [-0.39, 0.29) is 5.41 Å². The lowest BCUT2D eigenvalue weighted by Crippen LogP contribution is -2.33. The average molecular weight is 346 g/mol. The summed E-state index contributed by atoms with van der Waals surface area (Å²) in [5.74, 6) is -0.427. The van der Waals surface area contributed by atoms with Crippen LogP contribution in [0.2, 0.25) is 0 Å². The second-order valence-corrected chi connectivity index (χ2v) is 7.05. The Labute approximate surface area is 146 Å². The summed E-state index contributed by atoms with van der Waals surface area (Å²) in [6.45, 7) is 6.61. The highest BCUT2D eigenvalue weighted by Crippen LogP contribution is 2.22. The fraction of sp³-hybridized carbons (Fsp3) is 0.412. The maximum absolute atomic E-state index is 12.2. The minimum atomic E-state index is -0.615. The molecule has 7 heteroatoms. The first-order valence-corrected chi connectivity index (χ1v) is 8.14. The van der Waals surface area contributed by atoms with Crippen LogP contribution >= 0.6 is 12.2 Å². The van der Waals surface area contributed by atoms with Crippen molar-refractivity contribution in [2.45, 2.75) is 32.6 Å². The minimum absolute atomic E-state index is 0.00643. The number of ketones is 1. The smallest absolute Gasteiger partial charge is 0.292 e. The molecule has 0 aliphatic rings. The number of nitrogens with one attached hydrogen (secondary N) is 2. The van der Waals surface area contributed by atoms with E-state index in [1.807, 2.05) is 12.1 Å². The third-order valence-corrected chi connectivity index (χ3v) is 4.19. The SMILES string of the molecule is Cn1c(CCNC(=O)C(=O)c2ccc(C(C)(C)C)cc2)n[nH]c1=S. The van der Waals surface area contributed by atoms with E-state index in [4.69, 9.17) is 12.2 Å². The number of aromatic nitrogens is 3. The Bertz CT molecular complexity index is 797.